The Hall–Kier alpha value is -1.51. The van der Waals surface area contributed by atoms with Gasteiger partial charge < -0.3 is 10.6 Å². The highest BCUT2D eigenvalue weighted by Gasteiger charge is 1.95. The molecule has 3 nitrogen and oxygen atoms in total. The molecule has 3 heteroatoms. The molecule has 0 aromatic heterocycles. The van der Waals surface area contributed by atoms with Gasteiger partial charge in [-0.15, -0.1) is 0 Å². The number of nitrogens with two attached hydrogens (primary N) is 1. The van der Waals surface area contributed by atoms with Crippen molar-refractivity contribution in [2.75, 3.05) is 19.0 Å². The summed E-state index contributed by atoms with van der Waals surface area (Å²) in [6.45, 7) is 2.12. The fourth-order valence-corrected chi connectivity index (χ4v) is 1.07. The van der Waals surface area contributed by atoms with E-state index in [2.05, 4.69) is 55.9 Å². The highest BCUT2D eigenvalue weighted by molar-refractivity contribution is 5.51. The normalized spacial score (nSPS) is 8.23. The molecule has 0 spiro atoms. The topological polar surface area (TPSA) is 53.1 Å². The Morgan fingerprint density at radius 2 is 1.77 bits per heavy atom. The van der Waals surface area contributed by atoms with E-state index in [1.54, 1.807) is 0 Å². The zero-order valence-corrected chi connectivity index (χ0v) is 8.41. The predicted octanol–water partition coefficient (Wildman–Crippen LogP) is 1.61. The molecule has 0 aliphatic rings. The quantitative estimate of drug-likeness (QED) is 0.508. The number of hydrogen-bond acceptors (Lipinski definition) is 2. The van der Waals surface area contributed by atoms with Crippen molar-refractivity contribution in [3.05, 3.63) is 29.8 Å². The lowest BCUT2D eigenvalue weighted by Crippen LogP contribution is -2.09. The molecular formula is C10H17N3. The fraction of sp³-hybridized carbons (Fsp3) is 0.300. The van der Waals surface area contributed by atoms with E-state index in [1.807, 2.05) is 0 Å². The van der Waals surface area contributed by atoms with Crippen LogP contribution in [-0.2, 0) is 0 Å². The SMILES string of the molecule is Cc1ccccc1N(C)C.N=CN. The maximum absolute atomic E-state index is 5.86. The molecule has 0 amide bonds. The Bertz CT molecular complexity index is 256. The number of para-hydroxylation sites is 1. The van der Waals surface area contributed by atoms with Crippen LogP contribution in [0.25, 0.3) is 0 Å². The van der Waals surface area contributed by atoms with Gasteiger partial charge in [-0.25, -0.2) is 0 Å². The molecule has 0 bridgehead atoms. The summed E-state index contributed by atoms with van der Waals surface area (Å²) in [5.74, 6) is 0. The molecule has 1 aromatic rings. The Balaban J connectivity index is 0.000000424. The zero-order chi connectivity index (χ0) is 10.3. The molecule has 0 radical (unpaired) electrons. The van der Waals surface area contributed by atoms with Crippen LogP contribution in [0.3, 0.4) is 0 Å². The van der Waals surface area contributed by atoms with Crippen molar-refractivity contribution in [1.29, 1.82) is 5.41 Å². The Morgan fingerprint density at radius 3 is 2.08 bits per heavy atom. The van der Waals surface area contributed by atoms with Crippen LogP contribution in [0, 0.1) is 12.3 Å². The first-order valence-electron chi connectivity index (χ1n) is 4.07. The van der Waals surface area contributed by atoms with Crippen LogP contribution < -0.4 is 10.6 Å². The van der Waals surface area contributed by atoms with Crippen molar-refractivity contribution in [2.24, 2.45) is 5.73 Å². The average Bonchev–Trinajstić information content (AvgIpc) is 2.06. The molecule has 0 atom stereocenters. The lowest BCUT2D eigenvalue weighted by atomic mass is 10.2. The molecule has 0 unspecified atom stereocenters. The van der Waals surface area contributed by atoms with Gasteiger partial charge in [0, 0.05) is 19.8 Å². The van der Waals surface area contributed by atoms with E-state index in [-0.39, 0.29) is 0 Å². The first-order valence-corrected chi connectivity index (χ1v) is 4.07. The standard InChI is InChI=1S/C9H13N.CH4N2/c1-8-6-4-5-7-9(8)10(2)3;2-1-3/h4-7H,1-3H3;1H,(H3,2,3). The van der Waals surface area contributed by atoms with Crippen molar-refractivity contribution in [3.8, 4) is 0 Å². The number of aryl methyl sites for hydroxylation is 1. The summed E-state index contributed by atoms with van der Waals surface area (Å²) in [6.07, 6.45) is 0.750. The molecule has 0 fully saturated rings. The van der Waals surface area contributed by atoms with Crippen molar-refractivity contribution in [3.63, 3.8) is 0 Å². The summed E-state index contributed by atoms with van der Waals surface area (Å²) >= 11 is 0. The van der Waals surface area contributed by atoms with E-state index >= 15 is 0 Å². The van der Waals surface area contributed by atoms with Gasteiger partial charge in [0.2, 0.25) is 0 Å². The van der Waals surface area contributed by atoms with E-state index in [0.29, 0.717) is 0 Å². The van der Waals surface area contributed by atoms with Gasteiger partial charge in [-0.05, 0) is 18.6 Å². The van der Waals surface area contributed by atoms with Crippen LogP contribution in [0.5, 0.6) is 0 Å². The monoisotopic (exact) mass is 179 g/mol. The van der Waals surface area contributed by atoms with Gasteiger partial charge in [0.15, 0.2) is 0 Å². The third kappa shape index (κ3) is 4.15. The van der Waals surface area contributed by atoms with Crippen LogP contribution in [0.2, 0.25) is 0 Å². The number of nitrogens with zero attached hydrogens (tertiary/aromatic N) is 1. The van der Waals surface area contributed by atoms with Crippen LogP contribution in [0.15, 0.2) is 24.3 Å². The minimum absolute atomic E-state index is 0.750. The molecule has 1 aromatic carbocycles. The second-order valence-electron chi connectivity index (χ2n) is 2.85. The number of nitrogens with one attached hydrogen (secondary N) is 1. The summed E-state index contributed by atoms with van der Waals surface area (Å²) in [6, 6.07) is 8.36. The summed E-state index contributed by atoms with van der Waals surface area (Å²) in [5.41, 5.74) is 7.01. The van der Waals surface area contributed by atoms with Gasteiger partial charge in [-0.2, -0.15) is 0 Å². The third-order valence-electron chi connectivity index (χ3n) is 1.60. The van der Waals surface area contributed by atoms with Gasteiger partial charge in [0.05, 0.1) is 6.34 Å². The maximum Gasteiger partial charge on any atom is 0.0765 e. The molecule has 0 saturated carbocycles. The lowest BCUT2D eigenvalue weighted by Gasteiger charge is -2.14. The first kappa shape index (κ1) is 11.5. The fourth-order valence-electron chi connectivity index (χ4n) is 1.07. The lowest BCUT2D eigenvalue weighted by molar-refractivity contribution is 1.11. The molecule has 13 heavy (non-hydrogen) atoms. The van der Waals surface area contributed by atoms with E-state index < -0.39 is 0 Å². The summed E-state index contributed by atoms with van der Waals surface area (Å²) in [5, 5.41) is 5.86. The molecule has 0 aliphatic carbocycles. The van der Waals surface area contributed by atoms with Crippen LogP contribution in [-0.4, -0.2) is 20.4 Å². The van der Waals surface area contributed by atoms with Crippen molar-refractivity contribution in [2.45, 2.75) is 6.92 Å². The number of hydrogen-bond donors (Lipinski definition) is 2. The van der Waals surface area contributed by atoms with Crippen molar-refractivity contribution in [1.82, 2.24) is 0 Å². The van der Waals surface area contributed by atoms with E-state index in [4.69, 9.17) is 5.41 Å². The van der Waals surface area contributed by atoms with Gasteiger partial charge >= 0.3 is 0 Å². The van der Waals surface area contributed by atoms with E-state index in [0.717, 1.165) is 6.34 Å². The molecule has 0 aliphatic heterocycles. The molecular weight excluding hydrogens is 162 g/mol. The Labute approximate surface area is 79.7 Å². The summed E-state index contributed by atoms with van der Waals surface area (Å²) in [7, 11) is 4.12. The second kappa shape index (κ2) is 6.06. The number of anilines is 1. The van der Waals surface area contributed by atoms with Gasteiger partial charge in [0.25, 0.3) is 0 Å². The van der Waals surface area contributed by atoms with E-state index in [1.165, 1.54) is 11.3 Å². The zero-order valence-electron chi connectivity index (χ0n) is 8.41. The summed E-state index contributed by atoms with van der Waals surface area (Å²) < 4.78 is 0. The van der Waals surface area contributed by atoms with E-state index in [9.17, 15) is 0 Å². The minimum atomic E-state index is 0.750. The average molecular weight is 179 g/mol. The van der Waals surface area contributed by atoms with Crippen LogP contribution in [0.4, 0.5) is 5.69 Å². The molecule has 1 rings (SSSR count). The number of benzene rings is 1. The van der Waals surface area contributed by atoms with Crippen molar-refractivity contribution < 1.29 is 0 Å². The Kier molecular flexibility index (Phi) is 5.35. The van der Waals surface area contributed by atoms with Gasteiger partial charge in [0.1, 0.15) is 0 Å². The molecule has 0 heterocycles. The summed E-state index contributed by atoms with van der Waals surface area (Å²) in [4.78, 5) is 2.12. The highest BCUT2D eigenvalue weighted by atomic mass is 15.1. The van der Waals surface area contributed by atoms with Crippen LogP contribution >= 0.6 is 0 Å². The smallest absolute Gasteiger partial charge is 0.0765 e. The minimum Gasteiger partial charge on any atom is -0.390 e. The number of rotatable bonds is 1. The Morgan fingerprint density at radius 1 is 1.31 bits per heavy atom. The molecule has 0 saturated heterocycles. The third-order valence-corrected chi connectivity index (χ3v) is 1.60. The van der Waals surface area contributed by atoms with Crippen LogP contribution in [0.1, 0.15) is 5.56 Å². The van der Waals surface area contributed by atoms with Gasteiger partial charge in [-0.3, -0.25) is 5.41 Å². The maximum atomic E-state index is 5.86. The highest BCUT2D eigenvalue weighted by Crippen LogP contribution is 2.15. The largest absolute Gasteiger partial charge is 0.390 e. The molecule has 72 valence electrons. The predicted molar refractivity (Wildman–Crippen MR) is 58.5 cm³/mol. The van der Waals surface area contributed by atoms with Gasteiger partial charge in [-0.1, -0.05) is 18.2 Å². The molecule has 3 N–H and O–H groups in total. The first-order chi connectivity index (χ1) is 6.13. The van der Waals surface area contributed by atoms with Crippen molar-refractivity contribution >= 4 is 12.0 Å². The second-order valence-corrected chi connectivity index (χ2v) is 2.85.